The lowest BCUT2D eigenvalue weighted by Crippen LogP contribution is -2.14. The summed E-state index contributed by atoms with van der Waals surface area (Å²) in [5.74, 6) is -0.330. The Hall–Kier alpha value is -2.66. The third-order valence-corrected chi connectivity index (χ3v) is 3.60. The molecule has 0 unspecified atom stereocenters. The molecule has 0 aliphatic heterocycles. The Morgan fingerprint density at radius 1 is 1.17 bits per heavy atom. The molecule has 0 aliphatic rings. The van der Waals surface area contributed by atoms with Crippen LogP contribution in [-0.2, 0) is 7.05 Å². The van der Waals surface area contributed by atoms with Crippen molar-refractivity contribution in [3.63, 3.8) is 0 Å². The summed E-state index contributed by atoms with van der Waals surface area (Å²) in [6.07, 6.45) is 0. The van der Waals surface area contributed by atoms with E-state index in [0.717, 1.165) is 5.56 Å². The van der Waals surface area contributed by atoms with E-state index in [0.29, 0.717) is 16.5 Å². The zero-order valence-corrected chi connectivity index (χ0v) is 13.0. The van der Waals surface area contributed by atoms with Crippen molar-refractivity contribution in [3.8, 4) is 11.3 Å². The number of hydrogen-bond donors (Lipinski definition) is 1. The van der Waals surface area contributed by atoms with Gasteiger partial charge in [-0.1, -0.05) is 29.8 Å². The maximum absolute atomic E-state index is 13.2. The van der Waals surface area contributed by atoms with E-state index in [9.17, 15) is 9.18 Å². The third kappa shape index (κ3) is 3.40. The first-order valence-electron chi connectivity index (χ1n) is 6.90. The van der Waals surface area contributed by atoms with Gasteiger partial charge in [-0.25, -0.2) is 4.39 Å². The normalized spacial score (nSPS) is 10.6. The molecule has 0 saturated heterocycles. The summed E-state index contributed by atoms with van der Waals surface area (Å²) in [6.45, 7) is 0. The fraction of sp³-hybridized carbons (Fsp3) is 0.0588. The predicted molar refractivity (Wildman–Crippen MR) is 88.0 cm³/mol. The quantitative estimate of drug-likeness (QED) is 0.785. The van der Waals surface area contributed by atoms with Crippen LogP contribution in [0.1, 0.15) is 10.4 Å². The number of hydrogen-bond acceptors (Lipinski definition) is 2. The van der Waals surface area contributed by atoms with Crippen molar-refractivity contribution in [1.82, 2.24) is 9.78 Å². The van der Waals surface area contributed by atoms with Crippen molar-refractivity contribution in [1.29, 1.82) is 0 Å². The number of aromatic nitrogens is 2. The molecule has 0 saturated carbocycles. The lowest BCUT2D eigenvalue weighted by atomic mass is 10.1. The van der Waals surface area contributed by atoms with E-state index in [-0.39, 0.29) is 5.56 Å². The van der Waals surface area contributed by atoms with Gasteiger partial charge in [-0.05, 0) is 30.3 Å². The van der Waals surface area contributed by atoms with Gasteiger partial charge in [0.25, 0.3) is 5.91 Å². The summed E-state index contributed by atoms with van der Waals surface area (Å²) < 4.78 is 14.8. The first kappa shape index (κ1) is 15.2. The average molecular weight is 330 g/mol. The van der Waals surface area contributed by atoms with Crippen LogP contribution < -0.4 is 5.32 Å². The smallest absolute Gasteiger partial charge is 0.256 e. The van der Waals surface area contributed by atoms with Gasteiger partial charge in [-0.3, -0.25) is 9.48 Å². The van der Waals surface area contributed by atoms with E-state index in [2.05, 4.69) is 10.4 Å². The lowest BCUT2D eigenvalue weighted by molar-refractivity contribution is 0.102. The maximum Gasteiger partial charge on any atom is 0.256 e. The lowest BCUT2D eigenvalue weighted by Gasteiger charge is -2.04. The highest BCUT2D eigenvalue weighted by atomic mass is 35.5. The summed E-state index contributed by atoms with van der Waals surface area (Å²) in [6, 6.07) is 14.5. The number of aryl methyl sites for hydroxylation is 1. The van der Waals surface area contributed by atoms with Crippen molar-refractivity contribution < 1.29 is 9.18 Å². The van der Waals surface area contributed by atoms with Crippen LogP contribution >= 0.6 is 11.6 Å². The number of nitrogens with zero attached hydrogens (tertiary/aromatic N) is 2. The number of amides is 1. The second kappa shape index (κ2) is 6.22. The van der Waals surface area contributed by atoms with Crippen molar-refractivity contribution in [2.24, 2.45) is 7.05 Å². The van der Waals surface area contributed by atoms with Crippen molar-refractivity contribution in [3.05, 3.63) is 71.0 Å². The van der Waals surface area contributed by atoms with Crippen molar-refractivity contribution in [2.75, 3.05) is 5.32 Å². The number of carbonyl (C=O) groups is 1. The number of anilines is 1. The zero-order valence-electron chi connectivity index (χ0n) is 12.3. The molecular formula is C17H13ClFN3O. The van der Waals surface area contributed by atoms with Crippen LogP contribution in [0.15, 0.2) is 54.6 Å². The van der Waals surface area contributed by atoms with Crippen LogP contribution in [0.3, 0.4) is 0 Å². The minimum atomic E-state index is -0.454. The molecule has 0 spiro atoms. The Morgan fingerprint density at radius 2 is 1.91 bits per heavy atom. The molecule has 3 aromatic rings. The molecule has 1 aromatic heterocycles. The molecule has 6 heteroatoms. The van der Waals surface area contributed by atoms with Crippen LogP contribution in [-0.4, -0.2) is 15.7 Å². The topological polar surface area (TPSA) is 46.9 Å². The highest BCUT2D eigenvalue weighted by molar-refractivity contribution is 6.30. The monoisotopic (exact) mass is 329 g/mol. The number of benzene rings is 2. The van der Waals surface area contributed by atoms with E-state index in [1.807, 2.05) is 12.1 Å². The SMILES string of the molecule is Cn1nc(-c2ccc(Cl)cc2)cc1NC(=O)c1cccc(F)c1. The van der Waals surface area contributed by atoms with Crippen LogP contribution in [0.25, 0.3) is 11.3 Å². The molecular weight excluding hydrogens is 317 g/mol. The molecule has 4 nitrogen and oxygen atoms in total. The van der Waals surface area contributed by atoms with Gasteiger partial charge in [0.1, 0.15) is 11.6 Å². The van der Waals surface area contributed by atoms with Crippen molar-refractivity contribution in [2.45, 2.75) is 0 Å². The molecule has 0 radical (unpaired) electrons. The largest absolute Gasteiger partial charge is 0.307 e. The van der Waals surface area contributed by atoms with E-state index < -0.39 is 11.7 Å². The van der Waals surface area contributed by atoms with Gasteiger partial charge in [-0.2, -0.15) is 5.10 Å². The average Bonchev–Trinajstić information content (AvgIpc) is 2.89. The Balaban J connectivity index is 1.84. The Bertz CT molecular complexity index is 859. The Morgan fingerprint density at radius 3 is 2.61 bits per heavy atom. The van der Waals surface area contributed by atoms with Gasteiger partial charge in [0, 0.05) is 29.3 Å². The summed E-state index contributed by atoms with van der Waals surface area (Å²) in [4.78, 5) is 12.2. The van der Waals surface area contributed by atoms with E-state index >= 15 is 0 Å². The van der Waals surface area contributed by atoms with Crippen LogP contribution in [0, 0.1) is 5.82 Å². The van der Waals surface area contributed by atoms with Crippen LogP contribution in [0.2, 0.25) is 5.02 Å². The van der Waals surface area contributed by atoms with Gasteiger partial charge >= 0.3 is 0 Å². The molecule has 2 aromatic carbocycles. The molecule has 1 amide bonds. The van der Waals surface area contributed by atoms with Gasteiger partial charge in [0.2, 0.25) is 0 Å². The van der Waals surface area contributed by atoms with E-state index in [1.54, 1.807) is 36.0 Å². The maximum atomic E-state index is 13.2. The predicted octanol–water partition coefficient (Wildman–Crippen LogP) is 4.13. The molecule has 0 fully saturated rings. The Labute approximate surface area is 137 Å². The van der Waals surface area contributed by atoms with Crippen LogP contribution in [0.5, 0.6) is 0 Å². The fourth-order valence-electron chi connectivity index (χ4n) is 2.16. The van der Waals surface area contributed by atoms with Gasteiger partial charge in [-0.15, -0.1) is 0 Å². The summed E-state index contributed by atoms with van der Waals surface area (Å²) in [7, 11) is 1.72. The molecule has 1 heterocycles. The summed E-state index contributed by atoms with van der Waals surface area (Å²) in [5, 5.41) is 7.73. The standard InChI is InChI=1S/C17H13ClFN3O/c1-22-16(20-17(23)12-3-2-4-14(19)9-12)10-15(21-22)11-5-7-13(18)8-6-11/h2-10H,1H3,(H,20,23). The summed E-state index contributed by atoms with van der Waals surface area (Å²) in [5.41, 5.74) is 1.84. The number of nitrogens with one attached hydrogen (secondary N) is 1. The third-order valence-electron chi connectivity index (χ3n) is 3.35. The highest BCUT2D eigenvalue weighted by Crippen LogP contribution is 2.23. The van der Waals surface area contributed by atoms with Gasteiger partial charge < -0.3 is 5.32 Å². The fourth-order valence-corrected chi connectivity index (χ4v) is 2.29. The van der Waals surface area contributed by atoms with E-state index in [1.165, 1.54) is 18.2 Å². The molecule has 0 atom stereocenters. The van der Waals surface area contributed by atoms with Gasteiger partial charge in [0.05, 0.1) is 5.69 Å². The Kier molecular flexibility index (Phi) is 4.12. The van der Waals surface area contributed by atoms with Crippen molar-refractivity contribution >= 4 is 23.3 Å². The second-order valence-electron chi connectivity index (χ2n) is 5.01. The second-order valence-corrected chi connectivity index (χ2v) is 5.45. The van der Waals surface area contributed by atoms with E-state index in [4.69, 9.17) is 11.6 Å². The first-order valence-corrected chi connectivity index (χ1v) is 7.27. The molecule has 1 N–H and O–H groups in total. The minimum Gasteiger partial charge on any atom is -0.307 e. The molecule has 0 aliphatic carbocycles. The minimum absolute atomic E-state index is 0.249. The van der Waals surface area contributed by atoms with Gasteiger partial charge in [0.15, 0.2) is 0 Å². The molecule has 0 bridgehead atoms. The summed E-state index contributed by atoms with van der Waals surface area (Å²) >= 11 is 5.87. The molecule has 23 heavy (non-hydrogen) atoms. The number of halogens is 2. The van der Waals surface area contributed by atoms with Crippen LogP contribution in [0.4, 0.5) is 10.2 Å². The highest BCUT2D eigenvalue weighted by Gasteiger charge is 2.12. The number of rotatable bonds is 3. The zero-order chi connectivity index (χ0) is 16.4. The molecule has 3 rings (SSSR count). The first-order chi connectivity index (χ1) is 11.0. The molecule has 116 valence electrons. The number of carbonyl (C=O) groups excluding carboxylic acids is 1.